The summed E-state index contributed by atoms with van der Waals surface area (Å²) in [5.41, 5.74) is 1.59. The Bertz CT molecular complexity index is 517. The molecule has 1 saturated carbocycles. The molecule has 1 aromatic carbocycles. The Balaban J connectivity index is 1.76. The predicted molar refractivity (Wildman–Crippen MR) is 80.5 cm³/mol. The van der Waals surface area contributed by atoms with Gasteiger partial charge in [-0.05, 0) is 66.6 Å². The van der Waals surface area contributed by atoms with E-state index in [1.165, 1.54) is 35.9 Å². The van der Waals surface area contributed by atoms with Crippen molar-refractivity contribution in [1.29, 1.82) is 0 Å². The fourth-order valence-electron chi connectivity index (χ4n) is 3.00. The van der Waals surface area contributed by atoms with Gasteiger partial charge in [-0.2, -0.15) is 0 Å². The fraction of sp³-hybridized carbons (Fsp3) is 0.500. The van der Waals surface area contributed by atoms with Crippen molar-refractivity contribution in [3.63, 3.8) is 0 Å². The van der Waals surface area contributed by atoms with Crippen molar-refractivity contribution in [2.45, 2.75) is 32.1 Å². The molecular formula is C16H21NS. The molecule has 1 aliphatic carbocycles. The number of thiophene rings is 1. The summed E-state index contributed by atoms with van der Waals surface area (Å²) in [6.45, 7) is 4.59. The first-order chi connectivity index (χ1) is 8.90. The van der Waals surface area contributed by atoms with E-state index >= 15 is 0 Å². The average molecular weight is 259 g/mol. The zero-order chi connectivity index (χ0) is 12.4. The second-order valence-electron chi connectivity index (χ2n) is 5.33. The van der Waals surface area contributed by atoms with Crippen LogP contribution >= 0.6 is 11.3 Å². The zero-order valence-corrected chi connectivity index (χ0v) is 11.8. The molecule has 0 amide bonds. The summed E-state index contributed by atoms with van der Waals surface area (Å²) in [6.07, 6.45) is 4.00. The predicted octanol–water partition coefficient (Wildman–Crippen LogP) is 4.39. The minimum absolute atomic E-state index is 0.789. The van der Waals surface area contributed by atoms with Crippen LogP contribution in [-0.2, 0) is 0 Å². The van der Waals surface area contributed by atoms with Crippen LogP contribution in [0.15, 0.2) is 29.6 Å². The minimum Gasteiger partial charge on any atom is -0.316 e. The third-order valence-electron chi connectivity index (χ3n) is 4.16. The second kappa shape index (κ2) is 5.41. The summed E-state index contributed by atoms with van der Waals surface area (Å²) in [5.74, 6) is 1.64. The molecule has 18 heavy (non-hydrogen) atoms. The van der Waals surface area contributed by atoms with E-state index in [1.54, 1.807) is 5.56 Å². The molecule has 1 aliphatic rings. The van der Waals surface area contributed by atoms with E-state index in [0.717, 1.165) is 18.4 Å². The van der Waals surface area contributed by atoms with Crippen LogP contribution in [0, 0.1) is 5.92 Å². The monoisotopic (exact) mass is 259 g/mol. The summed E-state index contributed by atoms with van der Waals surface area (Å²) >= 11 is 1.90. The van der Waals surface area contributed by atoms with Crippen LogP contribution in [0.2, 0.25) is 0 Å². The van der Waals surface area contributed by atoms with Crippen LogP contribution in [0.4, 0.5) is 0 Å². The molecule has 3 rings (SSSR count). The number of benzene rings is 1. The minimum atomic E-state index is 0.789. The Morgan fingerprint density at radius 2 is 2.22 bits per heavy atom. The molecule has 2 aromatic rings. The van der Waals surface area contributed by atoms with Gasteiger partial charge in [-0.1, -0.05) is 25.1 Å². The smallest absolute Gasteiger partial charge is 0.0377 e. The summed E-state index contributed by atoms with van der Waals surface area (Å²) in [7, 11) is 0. The van der Waals surface area contributed by atoms with Gasteiger partial charge in [0.1, 0.15) is 0 Å². The van der Waals surface area contributed by atoms with Gasteiger partial charge >= 0.3 is 0 Å². The number of fused-ring (bicyclic) bond motifs is 1. The Morgan fingerprint density at radius 3 is 3.00 bits per heavy atom. The maximum atomic E-state index is 3.58. The maximum Gasteiger partial charge on any atom is 0.0377 e. The van der Waals surface area contributed by atoms with Gasteiger partial charge in [0, 0.05) is 4.70 Å². The molecule has 0 bridgehead atoms. The van der Waals surface area contributed by atoms with Crippen LogP contribution < -0.4 is 5.32 Å². The quantitative estimate of drug-likeness (QED) is 0.785. The number of hydrogen-bond donors (Lipinski definition) is 1. The number of hydrogen-bond acceptors (Lipinski definition) is 2. The topological polar surface area (TPSA) is 12.0 Å². The highest BCUT2D eigenvalue weighted by atomic mass is 32.1. The molecule has 0 aliphatic heterocycles. The molecule has 1 nitrogen and oxygen atoms in total. The third-order valence-corrected chi connectivity index (χ3v) is 5.14. The normalized spacial score (nSPS) is 23.2. The van der Waals surface area contributed by atoms with E-state index in [1.807, 2.05) is 11.3 Å². The van der Waals surface area contributed by atoms with E-state index < -0.39 is 0 Å². The molecule has 0 radical (unpaired) electrons. The molecule has 2 atom stereocenters. The highest BCUT2D eigenvalue weighted by Gasteiger charge is 2.32. The summed E-state index contributed by atoms with van der Waals surface area (Å²) < 4.78 is 1.52. The second-order valence-corrected chi connectivity index (χ2v) is 6.25. The third kappa shape index (κ3) is 2.19. The van der Waals surface area contributed by atoms with E-state index in [9.17, 15) is 0 Å². The van der Waals surface area contributed by atoms with Gasteiger partial charge in [0.2, 0.25) is 0 Å². The zero-order valence-electron chi connectivity index (χ0n) is 11.0. The van der Waals surface area contributed by atoms with Gasteiger partial charge in [0.15, 0.2) is 0 Å². The van der Waals surface area contributed by atoms with Crippen molar-refractivity contribution >= 4 is 21.4 Å². The highest BCUT2D eigenvalue weighted by molar-refractivity contribution is 7.17. The van der Waals surface area contributed by atoms with E-state index in [4.69, 9.17) is 0 Å². The Labute approximate surface area is 113 Å². The first-order valence-corrected chi connectivity index (χ1v) is 7.95. The molecular weight excluding hydrogens is 238 g/mol. The summed E-state index contributed by atoms with van der Waals surface area (Å²) in [4.78, 5) is 0. The standard InChI is InChI=1S/C16H21NS/c1-2-9-17-11-13-6-7-14(13)15-5-3-4-12-8-10-18-16(12)15/h3-5,8,10,13-14,17H,2,6-7,9,11H2,1H3. The molecule has 2 heteroatoms. The van der Waals surface area contributed by atoms with Gasteiger partial charge in [-0.25, -0.2) is 0 Å². The van der Waals surface area contributed by atoms with E-state index in [-0.39, 0.29) is 0 Å². The SMILES string of the molecule is CCCNCC1CCC1c1cccc2ccsc12. The van der Waals surface area contributed by atoms with Gasteiger partial charge < -0.3 is 5.32 Å². The van der Waals surface area contributed by atoms with E-state index in [2.05, 4.69) is 41.9 Å². The Morgan fingerprint density at radius 1 is 1.28 bits per heavy atom. The van der Waals surface area contributed by atoms with Gasteiger partial charge in [-0.15, -0.1) is 11.3 Å². The van der Waals surface area contributed by atoms with Crippen molar-refractivity contribution in [2.75, 3.05) is 13.1 Å². The fourth-order valence-corrected chi connectivity index (χ4v) is 3.97. The maximum absolute atomic E-state index is 3.58. The lowest BCUT2D eigenvalue weighted by Gasteiger charge is -2.37. The molecule has 2 unspecified atom stereocenters. The molecule has 0 spiro atoms. The van der Waals surface area contributed by atoms with Crippen LogP contribution in [0.5, 0.6) is 0 Å². The molecule has 96 valence electrons. The first-order valence-electron chi connectivity index (χ1n) is 7.07. The van der Waals surface area contributed by atoms with Crippen LogP contribution in [-0.4, -0.2) is 13.1 Å². The lowest BCUT2D eigenvalue weighted by molar-refractivity contribution is 0.248. The van der Waals surface area contributed by atoms with Gasteiger partial charge in [-0.3, -0.25) is 0 Å². The molecule has 1 N–H and O–H groups in total. The van der Waals surface area contributed by atoms with Crippen LogP contribution in [0.3, 0.4) is 0 Å². The Kier molecular flexibility index (Phi) is 3.67. The summed E-state index contributed by atoms with van der Waals surface area (Å²) in [5, 5.41) is 7.22. The van der Waals surface area contributed by atoms with Crippen molar-refractivity contribution in [2.24, 2.45) is 5.92 Å². The molecule has 1 heterocycles. The Hall–Kier alpha value is -0.860. The summed E-state index contributed by atoms with van der Waals surface area (Å²) in [6, 6.07) is 9.04. The molecule has 1 fully saturated rings. The molecule has 1 aromatic heterocycles. The van der Waals surface area contributed by atoms with Crippen molar-refractivity contribution in [3.05, 3.63) is 35.2 Å². The number of nitrogens with one attached hydrogen (secondary N) is 1. The number of rotatable bonds is 5. The lowest BCUT2D eigenvalue weighted by atomic mass is 9.70. The largest absolute Gasteiger partial charge is 0.316 e. The highest BCUT2D eigenvalue weighted by Crippen LogP contribution is 2.45. The van der Waals surface area contributed by atoms with Gasteiger partial charge in [0.25, 0.3) is 0 Å². The van der Waals surface area contributed by atoms with Crippen molar-refractivity contribution < 1.29 is 0 Å². The first kappa shape index (κ1) is 12.2. The van der Waals surface area contributed by atoms with Crippen molar-refractivity contribution in [3.8, 4) is 0 Å². The molecule has 0 saturated heterocycles. The lowest BCUT2D eigenvalue weighted by Crippen LogP contribution is -2.34. The van der Waals surface area contributed by atoms with Gasteiger partial charge in [0.05, 0.1) is 0 Å². The van der Waals surface area contributed by atoms with E-state index in [0.29, 0.717) is 0 Å². The van der Waals surface area contributed by atoms with Crippen molar-refractivity contribution in [1.82, 2.24) is 5.32 Å². The average Bonchev–Trinajstić information content (AvgIpc) is 2.82. The van der Waals surface area contributed by atoms with Crippen LogP contribution in [0.1, 0.15) is 37.7 Å². The van der Waals surface area contributed by atoms with Crippen LogP contribution in [0.25, 0.3) is 10.1 Å².